The SMILES string of the molecule is COc1cc(C=O)cc2cc(-c3ccc(C#N)cc3)oc12. The highest BCUT2D eigenvalue weighted by molar-refractivity contribution is 5.92. The number of carbonyl (C=O) groups is 1. The topological polar surface area (TPSA) is 63.2 Å². The third-order valence-corrected chi connectivity index (χ3v) is 3.26. The smallest absolute Gasteiger partial charge is 0.176 e. The molecule has 1 aromatic heterocycles. The van der Waals surface area contributed by atoms with E-state index in [0.29, 0.717) is 28.2 Å². The van der Waals surface area contributed by atoms with Crippen LogP contribution < -0.4 is 4.74 Å². The highest BCUT2D eigenvalue weighted by atomic mass is 16.5. The van der Waals surface area contributed by atoms with E-state index in [-0.39, 0.29) is 0 Å². The zero-order valence-corrected chi connectivity index (χ0v) is 11.3. The molecule has 21 heavy (non-hydrogen) atoms. The van der Waals surface area contributed by atoms with Gasteiger partial charge in [-0.05, 0) is 42.5 Å². The van der Waals surface area contributed by atoms with Gasteiger partial charge in [-0.1, -0.05) is 0 Å². The number of nitriles is 1. The fourth-order valence-corrected chi connectivity index (χ4v) is 2.21. The van der Waals surface area contributed by atoms with E-state index in [0.717, 1.165) is 17.2 Å². The molecule has 102 valence electrons. The van der Waals surface area contributed by atoms with Gasteiger partial charge in [0.05, 0.1) is 18.7 Å². The monoisotopic (exact) mass is 277 g/mol. The molecule has 0 saturated carbocycles. The second-order valence-electron chi connectivity index (χ2n) is 4.56. The van der Waals surface area contributed by atoms with Gasteiger partial charge in [-0.3, -0.25) is 4.79 Å². The minimum Gasteiger partial charge on any atom is -0.493 e. The molecule has 4 heteroatoms. The molecule has 2 aromatic carbocycles. The molecule has 0 amide bonds. The van der Waals surface area contributed by atoms with Gasteiger partial charge in [-0.25, -0.2) is 0 Å². The van der Waals surface area contributed by atoms with Gasteiger partial charge in [-0.2, -0.15) is 5.26 Å². The van der Waals surface area contributed by atoms with Crippen LogP contribution in [0.15, 0.2) is 46.9 Å². The number of ether oxygens (including phenoxy) is 1. The van der Waals surface area contributed by atoms with Crippen LogP contribution >= 0.6 is 0 Å². The second-order valence-corrected chi connectivity index (χ2v) is 4.56. The molecule has 0 unspecified atom stereocenters. The summed E-state index contributed by atoms with van der Waals surface area (Å²) in [5.74, 6) is 1.19. The zero-order valence-electron chi connectivity index (χ0n) is 11.3. The van der Waals surface area contributed by atoms with E-state index >= 15 is 0 Å². The molecule has 3 rings (SSSR count). The van der Waals surface area contributed by atoms with Crippen molar-refractivity contribution < 1.29 is 13.9 Å². The number of hydrogen-bond acceptors (Lipinski definition) is 4. The van der Waals surface area contributed by atoms with Crippen molar-refractivity contribution in [3.05, 3.63) is 53.6 Å². The molecule has 1 heterocycles. The number of nitrogens with zero attached hydrogens (tertiary/aromatic N) is 1. The summed E-state index contributed by atoms with van der Waals surface area (Å²) in [6.07, 6.45) is 0.774. The first-order valence-electron chi connectivity index (χ1n) is 6.32. The van der Waals surface area contributed by atoms with E-state index in [4.69, 9.17) is 14.4 Å². The first-order chi connectivity index (χ1) is 10.2. The Morgan fingerprint density at radius 2 is 1.95 bits per heavy atom. The van der Waals surface area contributed by atoms with E-state index in [1.807, 2.05) is 18.2 Å². The predicted octanol–water partition coefficient (Wildman–Crippen LogP) is 3.79. The third-order valence-electron chi connectivity index (χ3n) is 3.26. The van der Waals surface area contributed by atoms with Gasteiger partial charge in [0, 0.05) is 16.5 Å². The number of aldehydes is 1. The second kappa shape index (κ2) is 5.14. The molecule has 0 spiro atoms. The zero-order chi connectivity index (χ0) is 14.8. The lowest BCUT2D eigenvalue weighted by atomic mass is 10.1. The van der Waals surface area contributed by atoms with Crippen LogP contribution in [0.2, 0.25) is 0 Å². The van der Waals surface area contributed by atoms with Crippen LogP contribution in [0, 0.1) is 11.3 Å². The van der Waals surface area contributed by atoms with Crippen molar-refractivity contribution >= 4 is 17.3 Å². The summed E-state index contributed by atoms with van der Waals surface area (Å²) < 4.78 is 11.1. The average Bonchev–Trinajstić information content (AvgIpc) is 2.97. The summed E-state index contributed by atoms with van der Waals surface area (Å²) in [6.45, 7) is 0. The average molecular weight is 277 g/mol. The lowest BCUT2D eigenvalue weighted by Gasteiger charge is -2.01. The number of benzene rings is 2. The van der Waals surface area contributed by atoms with Crippen LogP contribution in [-0.4, -0.2) is 13.4 Å². The van der Waals surface area contributed by atoms with Crippen molar-refractivity contribution in [2.45, 2.75) is 0 Å². The van der Waals surface area contributed by atoms with Gasteiger partial charge in [-0.15, -0.1) is 0 Å². The van der Waals surface area contributed by atoms with Crippen LogP contribution in [0.25, 0.3) is 22.3 Å². The molecule has 0 aliphatic heterocycles. The summed E-state index contributed by atoms with van der Waals surface area (Å²) in [5, 5.41) is 9.62. The van der Waals surface area contributed by atoms with Crippen LogP contribution in [0.4, 0.5) is 0 Å². The van der Waals surface area contributed by atoms with Crippen LogP contribution in [-0.2, 0) is 0 Å². The summed E-state index contributed by atoms with van der Waals surface area (Å²) in [4.78, 5) is 10.9. The summed E-state index contributed by atoms with van der Waals surface area (Å²) in [7, 11) is 1.53. The summed E-state index contributed by atoms with van der Waals surface area (Å²) in [5.41, 5.74) is 2.59. The lowest BCUT2D eigenvalue weighted by molar-refractivity contribution is 0.112. The lowest BCUT2D eigenvalue weighted by Crippen LogP contribution is -1.86. The van der Waals surface area contributed by atoms with Gasteiger partial charge < -0.3 is 9.15 Å². The molecule has 3 aromatic rings. The first kappa shape index (κ1) is 12.9. The molecule has 0 atom stereocenters. The minimum absolute atomic E-state index is 0.523. The van der Waals surface area contributed by atoms with Crippen molar-refractivity contribution in [1.82, 2.24) is 0 Å². The maximum atomic E-state index is 10.9. The summed E-state index contributed by atoms with van der Waals surface area (Å²) >= 11 is 0. The van der Waals surface area contributed by atoms with E-state index in [1.165, 1.54) is 7.11 Å². The standard InChI is InChI=1S/C17H11NO3/c1-20-16-7-12(10-19)6-14-8-15(21-17(14)16)13-4-2-11(9-18)3-5-13/h2-8,10H,1H3. The number of furan rings is 1. The fourth-order valence-electron chi connectivity index (χ4n) is 2.21. The van der Waals surface area contributed by atoms with Crippen molar-refractivity contribution in [2.24, 2.45) is 0 Å². The van der Waals surface area contributed by atoms with E-state index in [9.17, 15) is 4.79 Å². The maximum absolute atomic E-state index is 10.9. The molecule has 0 aliphatic rings. The first-order valence-corrected chi connectivity index (χ1v) is 6.32. The van der Waals surface area contributed by atoms with Gasteiger partial charge in [0.15, 0.2) is 11.3 Å². The molecule has 0 bridgehead atoms. The van der Waals surface area contributed by atoms with Gasteiger partial charge in [0.1, 0.15) is 12.0 Å². The molecule has 0 radical (unpaired) electrons. The molecule has 0 N–H and O–H groups in total. The molecule has 0 aliphatic carbocycles. The van der Waals surface area contributed by atoms with Crippen molar-refractivity contribution in [2.75, 3.05) is 7.11 Å². The number of methoxy groups -OCH3 is 1. The Labute approximate surface area is 121 Å². The quantitative estimate of drug-likeness (QED) is 0.683. The van der Waals surface area contributed by atoms with Crippen molar-refractivity contribution in [1.29, 1.82) is 5.26 Å². The van der Waals surface area contributed by atoms with Crippen LogP contribution in [0.1, 0.15) is 15.9 Å². The molecule has 0 fully saturated rings. The highest BCUT2D eigenvalue weighted by Gasteiger charge is 2.12. The molecular formula is C17H11NO3. The summed E-state index contributed by atoms with van der Waals surface area (Å²) in [6, 6.07) is 14.4. The Balaban J connectivity index is 2.15. The number of fused-ring (bicyclic) bond motifs is 1. The maximum Gasteiger partial charge on any atom is 0.176 e. The van der Waals surface area contributed by atoms with Crippen LogP contribution in [0.3, 0.4) is 0 Å². The number of carbonyl (C=O) groups excluding carboxylic acids is 1. The number of hydrogen-bond donors (Lipinski definition) is 0. The van der Waals surface area contributed by atoms with Crippen molar-refractivity contribution in [3.63, 3.8) is 0 Å². The Kier molecular flexibility index (Phi) is 3.17. The molecular weight excluding hydrogens is 266 g/mol. The Morgan fingerprint density at radius 1 is 1.19 bits per heavy atom. The predicted molar refractivity (Wildman–Crippen MR) is 78.3 cm³/mol. The van der Waals surface area contributed by atoms with Gasteiger partial charge in [0.2, 0.25) is 0 Å². The van der Waals surface area contributed by atoms with E-state index in [1.54, 1.807) is 24.3 Å². The molecule has 0 saturated heterocycles. The largest absolute Gasteiger partial charge is 0.493 e. The number of rotatable bonds is 3. The van der Waals surface area contributed by atoms with E-state index in [2.05, 4.69) is 6.07 Å². The fraction of sp³-hybridized carbons (Fsp3) is 0.0588. The van der Waals surface area contributed by atoms with Gasteiger partial charge >= 0.3 is 0 Å². The highest BCUT2D eigenvalue weighted by Crippen LogP contribution is 2.34. The normalized spacial score (nSPS) is 10.3. The van der Waals surface area contributed by atoms with Crippen LogP contribution in [0.5, 0.6) is 5.75 Å². The Morgan fingerprint density at radius 3 is 2.57 bits per heavy atom. The Bertz CT molecular complexity index is 854. The minimum atomic E-state index is 0.523. The van der Waals surface area contributed by atoms with Gasteiger partial charge in [0.25, 0.3) is 0 Å². The third kappa shape index (κ3) is 2.26. The Hall–Kier alpha value is -3.06. The van der Waals surface area contributed by atoms with Crippen molar-refractivity contribution in [3.8, 4) is 23.1 Å². The molecule has 4 nitrogen and oxygen atoms in total. The van der Waals surface area contributed by atoms with E-state index < -0.39 is 0 Å².